The Hall–Kier alpha value is -1.40. The minimum atomic E-state index is -0.844. The summed E-state index contributed by atoms with van der Waals surface area (Å²) < 4.78 is 5.52. The zero-order valence-corrected chi connectivity index (χ0v) is 57.4. The molecular weight excluding hydrogens is 1030 g/mol. The highest BCUT2D eigenvalue weighted by Crippen LogP contribution is 2.20. The van der Waals surface area contributed by atoms with Gasteiger partial charge in [0.15, 0.2) is 0 Å². The normalized spacial score (nSPS) is 12.5. The van der Waals surface area contributed by atoms with Crippen LogP contribution in [0.2, 0.25) is 0 Å². The van der Waals surface area contributed by atoms with Gasteiger partial charge in [0.2, 0.25) is 5.91 Å². The molecule has 84 heavy (non-hydrogen) atoms. The molecule has 0 bridgehead atoms. The lowest BCUT2D eigenvalue weighted by molar-refractivity contribution is -0.143. The van der Waals surface area contributed by atoms with Crippen molar-refractivity contribution >= 4 is 11.9 Å². The van der Waals surface area contributed by atoms with Crippen molar-refractivity contribution in [2.24, 2.45) is 0 Å². The SMILES string of the molecule is CCCCCCCCCCCCCCCCCCCCCC/C=C/C(O)C(CO)NC(=O)CCCCCCCCCCCCCCCCCCCCCCCCCCCCOC(=O)CCCCCCCCCCCCCCCCCCCCC. The number of esters is 1. The quantitative estimate of drug-likeness (QED) is 0.0320. The monoisotopic (exact) mass is 1180 g/mol. The van der Waals surface area contributed by atoms with Crippen LogP contribution in [0.4, 0.5) is 0 Å². The van der Waals surface area contributed by atoms with Gasteiger partial charge >= 0.3 is 5.97 Å². The van der Waals surface area contributed by atoms with E-state index in [0.29, 0.717) is 19.4 Å². The number of unbranched alkanes of at least 4 members (excludes halogenated alkanes) is 63. The highest BCUT2D eigenvalue weighted by atomic mass is 16.5. The number of ether oxygens (including phenoxy) is 1. The van der Waals surface area contributed by atoms with Gasteiger partial charge < -0.3 is 20.3 Å². The van der Waals surface area contributed by atoms with Gasteiger partial charge in [0.05, 0.1) is 25.4 Å². The van der Waals surface area contributed by atoms with Crippen LogP contribution in [0.5, 0.6) is 0 Å². The zero-order chi connectivity index (χ0) is 60.6. The molecule has 6 heteroatoms. The number of hydrogen-bond donors (Lipinski definition) is 3. The first-order valence-electron chi connectivity index (χ1n) is 39.0. The largest absolute Gasteiger partial charge is 0.466 e. The van der Waals surface area contributed by atoms with E-state index in [1.54, 1.807) is 6.08 Å². The molecule has 0 aromatic rings. The summed E-state index contributed by atoms with van der Waals surface area (Å²) in [6.07, 6.45) is 93.2. The molecule has 0 aliphatic heterocycles. The van der Waals surface area contributed by atoms with Crippen molar-refractivity contribution in [3.8, 4) is 0 Å². The molecule has 0 fully saturated rings. The van der Waals surface area contributed by atoms with Crippen molar-refractivity contribution in [1.29, 1.82) is 0 Å². The van der Waals surface area contributed by atoms with Crippen LogP contribution in [0, 0.1) is 0 Å². The highest BCUT2D eigenvalue weighted by molar-refractivity contribution is 5.76. The van der Waals surface area contributed by atoms with E-state index in [4.69, 9.17) is 4.74 Å². The minimum Gasteiger partial charge on any atom is -0.466 e. The molecular formula is C78H153NO5. The third-order valence-corrected chi connectivity index (χ3v) is 18.6. The zero-order valence-electron chi connectivity index (χ0n) is 57.4. The highest BCUT2D eigenvalue weighted by Gasteiger charge is 2.18. The second-order valence-electron chi connectivity index (χ2n) is 27.1. The van der Waals surface area contributed by atoms with Crippen LogP contribution >= 0.6 is 0 Å². The fourth-order valence-electron chi connectivity index (χ4n) is 12.6. The number of nitrogens with one attached hydrogen (secondary N) is 1. The van der Waals surface area contributed by atoms with Gasteiger partial charge in [-0.3, -0.25) is 9.59 Å². The van der Waals surface area contributed by atoms with E-state index in [1.807, 2.05) is 6.08 Å². The van der Waals surface area contributed by atoms with Crippen LogP contribution in [0.15, 0.2) is 12.2 Å². The molecule has 0 aliphatic carbocycles. The Labute approximate surface area is 527 Å². The van der Waals surface area contributed by atoms with Gasteiger partial charge in [0, 0.05) is 12.8 Å². The summed E-state index contributed by atoms with van der Waals surface area (Å²) in [5.41, 5.74) is 0. The van der Waals surface area contributed by atoms with Crippen LogP contribution in [0.25, 0.3) is 0 Å². The predicted octanol–water partition coefficient (Wildman–Crippen LogP) is 25.5. The fraction of sp³-hybridized carbons (Fsp3) is 0.949. The number of carbonyl (C=O) groups is 2. The summed E-state index contributed by atoms with van der Waals surface area (Å²) in [7, 11) is 0. The first kappa shape index (κ1) is 82.6. The lowest BCUT2D eigenvalue weighted by Crippen LogP contribution is -2.45. The molecule has 500 valence electrons. The topological polar surface area (TPSA) is 95.9 Å². The van der Waals surface area contributed by atoms with Crippen molar-refractivity contribution in [3.63, 3.8) is 0 Å². The van der Waals surface area contributed by atoms with Crippen molar-refractivity contribution in [2.75, 3.05) is 13.2 Å². The van der Waals surface area contributed by atoms with E-state index >= 15 is 0 Å². The molecule has 0 aliphatic rings. The van der Waals surface area contributed by atoms with Gasteiger partial charge in [0.25, 0.3) is 0 Å². The third-order valence-electron chi connectivity index (χ3n) is 18.6. The maximum Gasteiger partial charge on any atom is 0.305 e. The predicted molar refractivity (Wildman–Crippen MR) is 370 cm³/mol. The molecule has 0 aromatic carbocycles. The van der Waals surface area contributed by atoms with E-state index in [1.165, 1.54) is 385 Å². The number of rotatable bonds is 74. The summed E-state index contributed by atoms with van der Waals surface area (Å²) in [5, 5.41) is 23.3. The Morgan fingerprint density at radius 2 is 0.548 bits per heavy atom. The van der Waals surface area contributed by atoms with E-state index in [2.05, 4.69) is 19.2 Å². The Morgan fingerprint density at radius 1 is 0.321 bits per heavy atom. The first-order valence-corrected chi connectivity index (χ1v) is 39.0. The maximum absolute atomic E-state index is 12.5. The van der Waals surface area contributed by atoms with E-state index in [-0.39, 0.29) is 18.5 Å². The Morgan fingerprint density at radius 3 is 0.810 bits per heavy atom. The third kappa shape index (κ3) is 69.7. The summed E-state index contributed by atoms with van der Waals surface area (Å²) in [6, 6.07) is -0.627. The number of hydrogen-bond acceptors (Lipinski definition) is 5. The molecule has 0 saturated heterocycles. The Bertz CT molecular complexity index is 1270. The van der Waals surface area contributed by atoms with Crippen LogP contribution in [0.1, 0.15) is 450 Å². The molecule has 2 unspecified atom stereocenters. The van der Waals surface area contributed by atoms with Gasteiger partial charge in [-0.2, -0.15) is 0 Å². The first-order chi connectivity index (χ1) is 41.5. The maximum atomic E-state index is 12.5. The number of aliphatic hydroxyl groups excluding tert-OH is 2. The Balaban J connectivity index is 3.35. The van der Waals surface area contributed by atoms with Crippen LogP contribution < -0.4 is 5.32 Å². The molecule has 3 N–H and O–H groups in total. The van der Waals surface area contributed by atoms with Crippen LogP contribution in [-0.2, 0) is 14.3 Å². The molecule has 0 saturated carbocycles. The molecule has 0 rings (SSSR count). The summed E-state index contributed by atoms with van der Waals surface area (Å²) in [6.45, 7) is 4.97. The smallest absolute Gasteiger partial charge is 0.305 e. The molecule has 0 heterocycles. The molecule has 2 atom stereocenters. The van der Waals surface area contributed by atoms with E-state index in [9.17, 15) is 19.8 Å². The standard InChI is InChI=1S/C78H153NO5/c1-3-5-7-9-11-13-15-17-19-21-23-24-31-35-38-42-46-50-54-58-62-66-70-76(81)75(74-80)79-77(82)71-67-63-59-55-51-47-43-39-36-32-29-27-25-26-28-30-33-37-41-45-49-53-57-61-65-69-73-84-78(83)72-68-64-60-56-52-48-44-40-34-22-20-18-16-14-12-10-8-6-4-2/h66,70,75-76,80-81H,3-65,67-69,71-74H2,1-2H3,(H,79,82)/b70-66+. The second kappa shape index (κ2) is 74.1. The summed E-state index contributed by atoms with van der Waals surface area (Å²) in [4.78, 5) is 24.7. The average Bonchev–Trinajstić information content (AvgIpc) is 3.51. The van der Waals surface area contributed by atoms with Gasteiger partial charge in [0.1, 0.15) is 0 Å². The van der Waals surface area contributed by atoms with Crippen molar-refractivity contribution in [2.45, 2.75) is 463 Å². The fourth-order valence-corrected chi connectivity index (χ4v) is 12.6. The van der Waals surface area contributed by atoms with Crippen molar-refractivity contribution < 1.29 is 24.5 Å². The minimum absolute atomic E-state index is 0.0231. The van der Waals surface area contributed by atoms with Gasteiger partial charge in [-0.1, -0.05) is 418 Å². The number of allylic oxidation sites excluding steroid dienone is 1. The van der Waals surface area contributed by atoms with Crippen LogP contribution in [0.3, 0.4) is 0 Å². The molecule has 1 amide bonds. The van der Waals surface area contributed by atoms with Crippen molar-refractivity contribution in [1.82, 2.24) is 5.32 Å². The van der Waals surface area contributed by atoms with Crippen LogP contribution in [-0.4, -0.2) is 47.4 Å². The molecule has 6 nitrogen and oxygen atoms in total. The van der Waals surface area contributed by atoms with Gasteiger partial charge in [-0.05, 0) is 32.1 Å². The number of aliphatic hydroxyl groups is 2. The molecule has 0 aromatic heterocycles. The van der Waals surface area contributed by atoms with Gasteiger partial charge in [-0.25, -0.2) is 0 Å². The summed E-state index contributed by atoms with van der Waals surface area (Å²) in [5.74, 6) is -0.0373. The number of carbonyl (C=O) groups excluding carboxylic acids is 2. The van der Waals surface area contributed by atoms with E-state index < -0.39 is 12.1 Å². The van der Waals surface area contributed by atoms with Crippen molar-refractivity contribution in [3.05, 3.63) is 12.2 Å². The lowest BCUT2D eigenvalue weighted by atomic mass is 10.0. The summed E-state index contributed by atoms with van der Waals surface area (Å²) >= 11 is 0. The lowest BCUT2D eigenvalue weighted by Gasteiger charge is -2.20. The second-order valence-corrected chi connectivity index (χ2v) is 27.1. The Kier molecular flexibility index (Phi) is 72.8. The molecule has 0 radical (unpaired) electrons. The van der Waals surface area contributed by atoms with Gasteiger partial charge in [-0.15, -0.1) is 0 Å². The van der Waals surface area contributed by atoms with E-state index in [0.717, 1.165) is 38.5 Å². The molecule has 0 spiro atoms. The average molecular weight is 1190 g/mol. The number of amides is 1.